The maximum Gasteiger partial charge on any atom is 0.236 e. The number of amides is 1. The van der Waals surface area contributed by atoms with Gasteiger partial charge in [-0.15, -0.1) is 0 Å². The van der Waals surface area contributed by atoms with Gasteiger partial charge in [-0.3, -0.25) is 9.69 Å². The first-order chi connectivity index (χ1) is 10.6. The lowest BCUT2D eigenvalue weighted by Crippen LogP contribution is -2.45. The molecule has 1 aromatic heterocycles. The van der Waals surface area contributed by atoms with Crippen LogP contribution < -0.4 is 0 Å². The molecule has 2 heterocycles. The second-order valence-electron chi connectivity index (χ2n) is 5.77. The van der Waals surface area contributed by atoms with E-state index >= 15 is 0 Å². The molecule has 0 unspecified atom stereocenters. The minimum Gasteiger partial charge on any atom is -0.459 e. The first-order valence-corrected chi connectivity index (χ1v) is 7.69. The molecular formula is C17H22N2O3. The number of likely N-dealkylation sites (N-methyl/N-ethyl adjacent to an activating group) is 1. The number of rotatable bonds is 4. The average Bonchev–Trinajstić information content (AvgIpc) is 2.98. The Morgan fingerprint density at radius 1 is 1.32 bits per heavy atom. The van der Waals surface area contributed by atoms with Gasteiger partial charge in [0.25, 0.3) is 0 Å². The summed E-state index contributed by atoms with van der Waals surface area (Å²) in [5.74, 6) is 1.03. The van der Waals surface area contributed by atoms with Gasteiger partial charge in [0.2, 0.25) is 5.91 Å². The first-order valence-electron chi connectivity index (χ1n) is 7.69. The predicted molar refractivity (Wildman–Crippen MR) is 84.7 cm³/mol. The number of furan rings is 1. The number of fused-ring (bicyclic) bond motifs is 1. The molecular weight excluding hydrogens is 280 g/mol. The van der Waals surface area contributed by atoms with E-state index in [0.717, 1.165) is 16.7 Å². The minimum absolute atomic E-state index is 0.0531. The lowest BCUT2D eigenvalue weighted by molar-refractivity contribution is -0.136. The van der Waals surface area contributed by atoms with Gasteiger partial charge in [-0.05, 0) is 26.1 Å². The number of para-hydroxylation sites is 1. The molecule has 22 heavy (non-hydrogen) atoms. The topological polar surface area (TPSA) is 45.9 Å². The standard InChI is InChI=1S/C17H22N2O3/c1-13(16-11-14-5-3-4-6-15(14)22-16)18(2)12-17(20)19-7-9-21-10-8-19/h3-6,11,13H,7-10,12H2,1-2H3/t13-/m1/s1. The summed E-state index contributed by atoms with van der Waals surface area (Å²) in [4.78, 5) is 16.2. The van der Waals surface area contributed by atoms with Gasteiger partial charge in [0.1, 0.15) is 11.3 Å². The molecule has 1 aromatic carbocycles. The summed E-state index contributed by atoms with van der Waals surface area (Å²) in [6.45, 7) is 5.09. The van der Waals surface area contributed by atoms with Crippen LogP contribution in [0, 0.1) is 0 Å². The largest absolute Gasteiger partial charge is 0.459 e. The molecule has 0 aliphatic carbocycles. The zero-order valence-electron chi connectivity index (χ0n) is 13.1. The highest BCUT2D eigenvalue weighted by Gasteiger charge is 2.22. The van der Waals surface area contributed by atoms with E-state index in [2.05, 4.69) is 13.0 Å². The second-order valence-corrected chi connectivity index (χ2v) is 5.77. The van der Waals surface area contributed by atoms with Gasteiger partial charge in [0.15, 0.2) is 0 Å². The lowest BCUT2D eigenvalue weighted by Gasteiger charge is -2.30. The van der Waals surface area contributed by atoms with E-state index in [9.17, 15) is 4.79 Å². The molecule has 1 amide bonds. The van der Waals surface area contributed by atoms with Gasteiger partial charge >= 0.3 is 0 Å². The summed E-state index contributed by atoms with van der Waals surface area (Å²) in [6, 6.07) is 10.1. The van der Waals surface area contributed by atoms with Crippen LogP contribution in [-0.2, 0) is 9.53 Å². The summed E-state index contributed by atoms with van der Waals surface area (Å²) >= 11 is 0. The number of hydrogen-bond acceptors (Lipinski definition) is 4. The third-order valence-electron chi connectivity index (χ3n) is 4.27. The molecule has 0 N–H and O–H groups in total. The van der Waals surface area contributed by atoms with Gasteiger partial charge in [0.05, 0.1) is 25.8 Å². The molecule has 1 atom stereocenters. The molecule has 5 nitrogen and oxygen atoms in total. The Balaban J connectivity index is 1.65. The third kappa shape index (κ3) is 3.15. The van der Waals surface area contributed by atoms with Crippen LogP contribution in [0.4, 0.5) is 0 Å². The molecule has 0 saturated carbocycles. The van der Waals surface area contributed by atoms with Gasteiger partial charge in [0, 0.05) is 18.5 Å². The van der Waals surface area contributed by atoms with Crippen LogP contribution in [0.1, 0.15) is 18.7 Å². The molecule has 1 fully saturated rings. The lowest BCUT2D eigenvalue weighted by atomic mass is 10.2. The molecule has 1 aliphatic rings. The van der Waals surface area contributed by atoms with Crippen LogP contribution in [0.15, 0.2) is 34.7 Å². The summed E-state index contributed by atoms with van der Waals surface area (Å²) in [6.07, 6.45) is 0. The number of ether oxygens (including phenoxy) is 1. The van der Waals surface area contributed by atoms with Gasteiger partial charge in [-0.25, -0.2) is 0 Å². The van der Waals surface area contributed by atoms with Crippen LogP contribution in [0.3, 0.4) is 0 Å². The van der Waals surface area contributed by atoms with Crippen molar-refractivity contribution in [3.8, 4) is 0 Å². The van der Waals surface area contributed by atoms with Crippen molar-refractivity contribution in [3.63, 3.8) is 0 Å². The second kappa shape index (κ2) is 6.50. The van der Waals surface area contributed by atoms with Crippen LogP contribution in [0.5, 0.6) is 0 Å². The van der Waals surface area contributed by atoms with Crippen LogP contribution >= 0.6 is 0 Å². The van der Waals surface area contributed by atoms with E-state index in [1.54, 1.807) is 0 Å². The monoisotopic (exact) mass is 302 g/mol. The first kappa shape index (κ1) is 15.1. The molecule has 5 heteroatoms. The fourth-order valence-corrected chi connectivity index (χ4v) is 2.69. The van der Waals surface area contributed by atoms with Crippen molar-refractivity contribution in [1.29, 1.82) is 0 Å². The van der Waals surface area contributed by atoms with Crippen LogP contribution in [0.2, 0.25) is 0 Å². The number of hydrogen-bond donors (Lipinski definition) is 0. The van der Waals surface area contributed by atoms with E-state index in [1.807, 2.05) is 41.1 Å². The van der Waals surface area contributed by atoms with E-state index in [0.29, 0.717) is 32.8 Å². The number of benzene rings is 1. The molecule has 1 saturated heterocycles. The quantitative estimate of drug-likeness (QED) is 0.869. The normalized spacial score (nSPS) is 17.1. The molecule has 0 radical (unpaired) electrons. The third-order valence-corrected chi connectivity index (χ3v) is 4.27. The number of nitrogens with zero attached hydrogens (tertiary/aromatic N) is 2. The Labute approximate surface area is 130 Å². The summed E-state index contributed by atoms with van der Waals surface area (Å²) in [7, 11) is 1.95. The Morgan fingerprint density at radius 3 is 2.77 bits per heavy atom. The molecule has 3 rings (SSSR count). The van der Waals surface area contributed by atoms with E-state index in [1.165, 1.54) is 0 Å². The minimum atomic E-state index is 0.0531. The maximum absolute atomic E-state index is 12.3. The highest BCUT2D eigenvalue weighted by atomic mass is 16.5. The maximum atomic E-state index is 12.3. The van der Waals surface area contributed by atoms with Gasteiger partial charge in [-0.1, -0.05) is 18.2 Å². The van der Waals surface area contributed by atoms with Crippen molar-refractivity contribution in [3.05, 3.63) is 36.1 Å². The number of carbonyl (C=O) groups is 1. The smallest absolute Gasteiger partial charge is 0.236 e. The molecule has 1 aliphatic heterocycles. The predicted octanol–water partition coefficient (Wildman–Crippen LogP) is 2.28. The summed E-state index contributed by atoms with van der Waals surface area (Å²) in [5, 5.41) is 1.09. The zero-order valence-corrected chi connectivity index (χ0v) is 13.1. The van der Waals surface area contributed by atoms with Gasteiger partial charge in [-0.2, -0.15) is 0 Å². The van der Waals surface area contributed by atoms with Crippen molar-refractivity contribution in [2.45, 2.75) is 13.0 Å². The van der Waals surface area contributed by atoms with Crippen molar-refractivity contribution in [1.82, 2.24) is 9.80 Å². The zero-order chi connectivity index (χ0) is 15.5. The number of carbonyl (C=O) groups excluding carboxylic acids is 1. The summed E-state index contributed by atoms with van der Waals surface area (Å²) < 4.78 is 11.2. The fraction of sp³-hybridized carbons (Fsp3) is 0.471. The van der Waals surface area contributed by atoms with Gasteiger partial charge < -0.3 is 14.1 Å². The van der Waals surface area contributed by atoms with Crippen molar-refractivity contribution >= 4 is 16.9 Å². The van der Waals surface area contributed by atoms with Crippen LogP contribution in [0.25, 0.3) is 11.0 Å². The highest BCUT2D eigenvalue weighted by molar-refractivity contribution is 5.79. The molecule has 2 aromatic rings. The van der Waals surface area contributed by atoms with E-state index < -0.39 is 0 Å². The SMILES string of the molecule is C[C@H](c1cc2ccccc2o1)N(C)CC(=O)N1CCOCC1. The Kier molecular flexibility index (Phi) is 4.45. The van der Waals surface area contributed by atoms with Crippen LogP contribution in [-0.4, -0.2) is 55.6 Å². The Hall–Kier alpha value is -1.85. The summed E-state index contributed by atoms with van der Waals surface area (Å²) in [5.41, 5.74) is 0.886. The van der Waals surface area contributed by atoms with Crippen molar-refractivity contribution < 1.29 is 13.9 Å². The van der Waals surface area contributed by atoms with E-state index in [4.69, 9.17) is 9.15 Å². The molecule has 0 bridgehead atoms. The Morgan fingerprint density at radius 2 is 2.05 bits per heavy atom. The van der Waals surface area contributed by atoms with Crippen molar-refractivity contribution in [2.75, 3.05) is 39.9 Å². The Bertz CT molecular complexity index is 613. The van der Waals surface area contributed by atoms with E-state index in [-0.39, 0.29) is 11.9 Å². The average molecular weight is 302 g/mol. The highest BCUT2D eigenvalue weighted by Crippen LogP contribution is 2.26. The fourth-order valence-electron chi connectivity index (χ4n) is 2.69. The molecule has 0 spiro atoms. The number of morpholine rings is 1. The van der Waals surface area contributed by atoms with Crippen molar-refractivity contribution in [2.24, 2.45) is 0 Å². The molecule has 118 valence electrons.